The highest BCUT2D eigenvalue weighted by Gasteiger charge is 2.63. The molecule has 6 bridgehead atoms. The second kappa shape index (κ2) is 10.2. The van der Waals surface area contributed by atoms with Crippen molar-refractivity contribution in [3.05, 3.63) is 65.7 Å². The number of fused-ring (bicyclic) bond motifs is 4. The van der Waals surface area contributed by atoms with Gasteiger partial charge in [-0.1, -0.05) is 19.1 Å². The molecule has 0 amide bonds. The molecule has 1 aromatic carbocycles. The lowest BCUT2D eigenvalue weighted by molar-refractivity contribution is 0.123. The quantitative estimate of drug-likeness (QED) is 0.605. The van der Waals surface area contributed by atoms with E-state index >= 15 is 0 Å². The lowest BCUT2D eigenvalue weighted by atomic mass is 10.1. The molecule has 0 radical (unpaired) electrons. The summed E-state index contributed by atoms with van der Waals surface area (Å²) in [5.41, 5.74) is 3.37. The van der Waals surface area contributed by atoms with E-state index in [1.165, 1.54) is 5.57 Å². The molecule has 0 saturated heterocycles. The molecular formula is C26H32N4O5S. The molecule has 2 unspecified atom stereocenters. The number of sulfone groups is 1. The van der Waals surface area contributed by atoms with Crippen molar-refractivity contribution >= 4 is 21.5 Å². The van der Waals surface area contributed by atoms with Crippen molar-refractivity contribution in [3.63, 3.8) is 0 Å². The molecule has 192 valence electrons. The van der Waals surface area contributed by atoms with Gasteiger partial charge in [0.05, 0.1) is 30.9 Å². The Labute approximate surface area is 212 Å². The fourth-order valence-electron chi connectivity index (χ4n) is 4.60. The average molecular weight is 513 g/mol. The summed E-state index contributed by atoms with van der Waals surface area (Å²) >= 11 is 0. The summed E-state index contributed by atoms with van der Waals surface area (Å²) in [5, 5.41) is 3.31. The van der Waals surface area contributed by atoms with E-state index in [9.17, 15) is 8.42 Å². The van der Waals surface area contributed by atoms with Crippen LogP contribution in [0, 0.1) is 5.92 Å². The number of likely N-dealkylation sites (N-methyl/N-ethyl adjacent to an activating group) is 1. The lowest BCUT2D eigenvalue weighted by Gasteiger charge is -2.19. The van der Waals surface area contributed by atoms with Gasteiger partial charge in [0, 0.05) is 48.6 Å². The molecule has 3 heterocycles. The number of hydrogen-bond donors (Lipinski definition) is 1. The Bertz CT molecular complexity index is 1280. The maximum absolute atomic E-state index is 11.9. The van der Waals surface area contributed by atoms with Crippen molar-refractivity contribution < 1.29 is 22.6 Å². The number of anilines is 2. The Morgan fingerprint density at radius 3 is 3.00 bits per heavy atom. The zero-order valence-electron chi connectivity index (χ0n) is 20.6. The largest absolute Gasteiger partial charge is 0.492 e. The van der Waals surface area contributed by atoms with Crippen molar-refractivity contribution in [1.29, 1.82) is 0 Å². The highest BCUT2D eigenvalue weighted by molar-refractivity contribution is 7.91. The number of nitrogens with one attached hydrogen (secondary N) is 1. The van der Waals surface area contributed by atoms with Gasteiger partial charge in [-0.3, -0.25) is 4.90 Å². The smallest absolute Gasteiger partial charge is 0.227 e. The van der Waals surface area contributed by atoms with E-state index in [2.05, 4.69) is 21.3 Å². The van der Waals surface area contributed by atoms with Gasteiger partial charge in [0.1, 0.15) is 12.4 Å². The minimum absolute atomic E-state index is 0.0104. The lowest BCUT2D eigenvalue weighted by Crippen LogP contribution is -2.20. The van der Waals surface area contributed by atoms with Gasteiger partial charge < -0.3 is 19.5 Å². The van der Waals surface area contributed by atoms with Crippen molar-refractivity contribution in [2.75, 3.05) is 50.2 Å². The first-order chi connectivity index (χ1) is 17.4. The third kappa shape index (κ3) is 5.40. The first kappa shape index (κ1) is 24.7. The summed E-state index contributed by atoms with van der Waals surface area (Å²) in [5.74, 6) is 1.53. The highest BCUT2D eigenvalue weighted by atomic mass is 32.2. The van der Waals surface area contributed by atoms with Crippen molar-refractivity contribution in [3.8, 4) is 5.75 Å². The third-order valence-corrected chi connectivity index (χ3v) is 8.45. The van der Waals surface area contributed by atoms with Gasteiger partial charge in [0.15, 0.2) is 15.4 Å². The van der Waals surface area contributed by atoms with E-state index in [-0.39, 0.29) is 24.0 Å². The van der Waals surface area contributed by atoms with E-state index < -0.39 is 15.4 Å². The monoisotopic (exact) mass is 512 g/mol. The highest BCUT2D eigenvalue weighted by Crippen LogP contribution is 2.62. The molecule has 1 fully saturated rings. The topological polar surface area (TPSA) is 103 Å². The van der Waals surface area contributed by atoms with Crippen LogP contribution >= 0.6 is 0 Å². The standard InChI is InChI=1S/C26H32N4O5S/c1-3-36(31,32)13-12-34-23-7-6-21-14-19(23)16-30(2)10-4-5-11-33-17-20-18-35-26(15-22(20)26)24-8-9-27-25(28-21)29-24/h4-9,14,18,22H,3,10-13,15-17H2,1-2H3,(H,27,28,29)/b5-4+. The van der Waals surface area contributed by atoms with Gasteiger partial charge in [0.25, 0.3) is 0 Å². The molecule has 2 aliphatic heterocycles. The van der Waals surface area contributed by atoms with Crippen LogP contribution in [-0.4, -0.2) is 68.2 Å². The SMILES string of the molecule is CCS(=O)(=O)CCOc1ccc2cc1CN(C)C/C=C/COCC1=COC3(CC13)c1ccnc(n1)N2. The normalized spacial score (nSPS) is 24.8. The van der Waals surface area contributed by atoms with Crippen molar-refractivity contribution in [1.82, 2.24) is 14.9 Å². The van der Waals surface area contributed by atoms with Crippen LogP contribution in [0.4, 0.5) is 11.6 Å². The van der Waals surface area contributed by atoms with Crippen LogP contribution in [0.2, 0.25) is 0 Å². The van der Waals surface area contributed by atoms with Crippen molar-refractivity contribution in [2.24, 2.45) is 5.92 Å². The van der Waals surface area contributed by atoms with Crippen LogP contribution in [0.1, 0.15) is 24.6 Å². The Morgan fingerprint density at radius 1 is 1.28 bits per heavy atom. The van der Waals surface area contributed by atoms with E-state index in [0.29, 0.717) is 31.5 Å². The van der Waals surface area contributed by atoms with E-state index in [0.717, 1.165) is 29.9 Å². The maximum Gasteiger partial charge on any atom is 0.227 e. The summed E-state index contributed by atoms with van der Waals surface area (Å²) in [7, 11) is -1.08. The molecule has 2 aromatic rings. The fraction of sp³-hybridized carbons (Fsp3) is 0.462. The second-order valence-corrected chi connectivity index (χ2v) is 11.9. The zero-order valence-corrected chi connectivity index (χ0v) is 21.5. The Kier molecular flexibility index (Phi) is 7.00. The number of hydrogen-bond acceptors (Lipinski definition) is 9. The van der Waals surface area contributed by atoms with Gasteiger partial charge >= 0.3 is 0 Å². The van der Waals surface area contributed by atoms with E-state index in [1.807, 2.05) is 43.7 Å². The van der Waals surface area contributed by atoms with E-state index in [4.69, 9.17) is 19.2 Å². The average Bonchev–Trinajstić information content (AvgIpc) is 3.50. The van der Waals surface area contributed by atoms with Gasteiger partial charge in [-0.25, -0.2) is 18.4 Å². The molecule has 1 aromatic heterocycles. The fourth-order valence-corrected chi connectivity index (χ4v) is 5.22. The summed E-state index contributed by atoms with van der Waals surface area (Å²) in [4.78, 5) is 11.3. The molecule has 9 nitrogen and oxygen atoms in total. The first-order valence-corrected chi connectivity index (χ1v) is 14.1. The second-order valence-electron chi connectivity index (χ2n) is 9.44. The first-order valence-electron chi connectivity index (χ1n) is 12.2. The van der Waals surface area contributed by atoms with Gasteiger partial charge in [-0.05, 0) is 36.9 Å². The zero-order chi connectivity index (χ0) is 25.2. The molecule has 2 atom stereocenters. The molecule has 1 saturated carbocycles. The minimum atomic E-state index is -3.10. The molecule has 36 heavy (non-hydrogen) atoms. The predicted octanol–water partition coefficient (Wildman–Crippen LogP) is 3.18. The van der Waals surface area contributed by atoms with Crippen molar-refractivity contribution in [2.45, 2.75) is 25.5 Å². The number of ether oxygens (including phenoxy) is 3. The number of nitrogens with zero attached hydrogens (tertiary/aromatic N) is 3. The number of aromatic nitrogens is 2. The van der Waals surface area contributed by atoms with Crippen LogP contribution in [0.5, 0.6) is 5.75 Å². The summed E-state index contributed by atoms with van der Waals surface area (Å²) in [6.07, 6.45) is 8.57. The third-order valence-electron chi connectivity index (χ3n) is 6.78. The summed E-state index contributed by atoms with van der Waals surface area (Å²) in [6, 6.07) is 7.66. The molecule has 0 spiro atoms. The molecule has 5 rings (SSSR count). The van der Waals surface area contributed by atoms with Gasteiger partial charge in [0.2, 0.25) is 5.95 Å². The van der Waals surface area contributed by atoms with E-state index in [1.54, 1.807) is 13.1 Å². The molecule has 3 aliphatic rings. The Balaban J connectivity index is 1.40. The van der Waals surface area contributed by atoms with Crippen LogP contribution in [-0.2, 0) is 31.5 Å². The van der Waals surface area contributed by atoms with Crippen LogP contribution in [0.25, 0.3) is 0 Å². The van der Waals surface area contributed by atoms with Crippen LogP contribution in [0.15, 0.2) is 54.4 Å². The molecule has 1 N–H and O–H groups in total. The van der Waals surface area contributed by atoms with Crippen LogP contribution < -0.4 is 10.1 Å². The summed E-state index contributed by atoms with van der Waals surface area (Å²) in [6.45, 7) is 4.17. The number of rotatable bonds is 5. The maximum atomic E-state index is 11.9. The minimum Gasteiger partial charge on any atom is -0.492 e. The Morgan fingerprint density at radius 2 is 2.17 bits per heavy atom. The van der Waals surface area contributed by atoms with Crippen LogP contribution in [0.3, 0.4) is 0 Å². The molecular weight excluding hydrogens is 480 g/mol. The Hall–Kier alpha value is -2.95. The number of benzene rings is 1. The molecule has 1 aliphatic carbocycles. The predicted molar refractivity (Wildman–Crippen MR) is 137 cm³/mol. The summed E-state index contributed by atoms with van der Waals surface area (Å²) < 4.78 is 41.6. The van der Waals surface area contributed by atoms with Gasteiger partial charge in [-0.15, -0.1) is 0 Å². The molecule has 10 heteroatoms. The van der Waals surface area contributed by atoms with Gasteiger partial charge in [-0.2, -0.15) is 0 Å².